The predicted molar refractivity (Wildman–Crippen MR) is 133 cm³/mol. The Morgan fingerprint density at radius 2 is 1.58 bits per heavy atom. The van der Waals surface area contributed by atoms with Crippen LogP contribution in [0.1, 0.15) is 23.4 Å². The molecular weight excluding hydrogens is 500 g/mol. The van der Waals surface area contributed by atoms with Gasteiger partial charge in [0.1, 0.15) is 0 Å². The molecular formula is C25H19BrN4O2S. The lowest BCUT2D eigenvalue weighted by Crippen LogP contribution is -2.27. The van der Waals surface area contributed by atoms with Crippen molar-refractivity contribution in [2.75, 3.05) is 0 Å². The van der Waals surface area contributed by atoms with Crippen LogP contribution in [0, 0.1) is 0 Å². The summed E-state index contributed by atoms with van der Waals surface area (Å²) in [5.41, 5.74) is 4.92. The number of hydrogen-bond donors (Lipinski definition) is 1. The Hall–Kier alpha value is -3.23. The predicted octanol–water partition coefficient (Wildman–Crippen LogP) is 5.50. The van der Waals surface area contributed by atoms with Crippen molar-refractivity contribution in [2.45, 2.75) is 23.2 Å². The topological polar surface area (TPSA) is 80.4 Å². The van der Waals surface area contributed by atoms with Gasteiger partial charge >= 0.3 is 5.97 Å². The highest BCUT2D eigenvalue weighted by molar-refractivity contribution is 9.10. The van der Waals surface area contributed by atoms with Crippen LogP contribution < -0.4 is 0 Å². The summed E-state index contributed by atoms with van der Waals surface area (Å²) in [7, 11) is 0. The van der Waals surface area contributed by atoms with Gasteiger partial charge in [-0.1, -0.05) is 94.4 Å². The molecule has 0 amide bonds. The highest BCUT2D eigenvalue weighted by Gasteiger charge is 2.30. The van der Waals surface area contributed by atoms with E-state index in [1.807, 2.05) is 66.7 Å². The summed E-state index contributed by atoms with van der Waals surface area (Å²) in [6, 6.07) is 26.3. The lowest BCUT2D eigenvalue weighted by atomic mass is 10.00. The van der Waals surface area contributed by atoms with Crippen molar-refractivity contribution in [1.29, 1.82) is 0 Å². The first-order valence-corrected chi connectivity index (χ1v) is 12.1. The number of rotatable bonds is 6. The summed E-state index contributed by atoms with van der Waals surface area (Å²) in [5.74, 6) is -0.156. The van der Waals surface area contributed by atoms with E-state index in [2.05, 4.69) is 38.3 Å². The van der Waals surface area contributed by atoms with Crippen LogP contribution in [0.2, 0.25) is 0 Å². The number of nitrogens with zero attached hydrogens (tertiary/aromatic N) is 4. The number of thioether (sulfide) groups is 1. The Balaban J connectivity index is 1.50. The molecule has 0 fully saturated rings. The Kier molecular flexibility index (Phi) is 6.11. The minimum atomic E-state index is -0.871. The average molecular weight is 519 g/mol. The van der Waals surface area contributed by atoms with Crippen molar-refractivity contribution in [3.05, 3.63) is 100 Å². The van der Waals surface area contributed by atoms with Crippen LogP contribution in [0.3, 0.4) is 0 Å². The van der Waals surface area contributed by atoms with Gasteiger partial charge in [-0.25, -0.2) is 0 Å². The molecule has 2 heterocycles. The molecule has 1 aliphatic heterocycles. The number of hydrogen-bond acceptors (Lipinski definition) is 5. The third-order valence-corrected chi connectivity index (χ3v) is 7.03. The Labute approximate surface area is 203 Å². The highest BCUT2D eigenvalue weighted by Crippen LogP contribution is 2.33. The SMILES string of the molecule is O=C(O)CC1Sc2nnc(Cc3ccc(Br)cc3)n2N=C1c1ccc(-c2ccccc2)cc1. The molecule has 3 aromatic carbocycles. The number of halogens is 1. The van der Waals surface area contributed by atoms with Crippen LogP contribution in [0.4, 0.5) is 0 Å². The van der Waals surface area contributed by atoms with Gasteiger partial charge in [0.2, 0.25) is 5.16 Å². The first kappa shape index (κ1) is 21.6. The summed E-state index contributed by atoms with van der Waals surface area (Å²) in [6.07, 6.45) is 0.535. The fourth-order valence-corrected chi connectivity index (χ4v) is 5.10. The Morgan fingerprint density at radius 1 is 0.909 bits per heavy atom. The first-order valence-electron chi connectivity index (χ1n) is 10.4. The number of benzene rings is 3. The fourth-order valence-electron chi connectivity index (χ4n) is 3.72. The average Bonchev–Trinajstić information content (AvgIpc) is 3.22. The van der Waals surface area contributed by atoms with Gasteiger partial charge in [0.15, 0.2) is 5.82 Å². The van der Waals surface area contributed by atoms with E-state index in [-0.39, 0.29) is 11.7 Å². The molecule has 1 aromatic heterocycles. The van der Waals surface area contributed by atoms with Gasteiger partial charge in [0.05, 0.1) is 17.4 Å². The largest absolute Gasteiger partial charge is 0.481 e. The number of carboxylic acids is 1. The summed E-state index contributed by atoms with van der Waals surface area (Å²) >= 11 is 4.85. The van der Waals surface area contributed by atoms with Crippen molar-refractivity contribution < 1.29 is 9.90 Å². The van der Waals surface area contributed by atoms with E-state index in [4.69, 9.17) is 5.10 Å². The second kappa shape index (κ2) is 9.33. The smallest absolute Gasteiger partial charge is 0.304 e. The molecule has 1 aliphatic rings. The quantitative estimate of drug-likeness (QED) is 0.364. The van der Waals surface area contributed by atoms with E-state index >= 15 is 0 Å². The maximum atomic E-state index is 11.6. The molecule has 0 saturated heterocycles. The summed E-state index contributed by atoms with van der Waals surface area (Å²) < 4.78 is 2.76. The van der Waals surface area contributed by atoms with Gasteiger partial charge in [-0.3, -0.25) is 4.79 Å². The van der Waals surface area contributed by atoms with Crippen LogP contribution >= 0.6 is 27.7 Å². The van der Waals surface area contributed by atoms with Gasteiger partial charge in [-0.05, 0) is 34.4 Å². The van der Waals surface area contributed by atoms with Crippen molar-refractivity contribution in [2.24, 2.45) is 5.10 Å². The monoisotopic (exact) mass is 518 g/mol. The van der Waals surface area contributed by atoms with Gasteiger partial charge < -0.3 is 5.11 Å². The molecule has 0 saturated carbocycles. The first-order chi connectivity index (χ1) is 16.1. The van der Waals surface area contributed by atoms with Crippen molar-refractivity contribution >= 4 is 39.4 Å². The molecule has 4 aromatic rings. The van der Waals surface area contributed by atoms with Gasteiger partial charge in [0.25, 0.3) is 0 Å². The third kappa shape index (κ3) is 4.77. The second-order valence-corrected chi connectivity index (χ2v) is 9.73. The van der Waals surface area contributed by atoms with E-state index < -0.39 is 5.97 Å². The van der Waals surface area contributed by atoms with Crippen molar-refractivity contribution in [3.8, 4) is 11.1 Å². The molecule has 164 valence electrons. The molecule has 33 heavy (non-hydrogen) atoms. The lowest BCUT2D eigenvalue weighted by molar-refractivity contribution is -0.136. The van der Waals surface area contributed by atoms with Crippen LogP contribution in [0.15, 0.2) is 93.6 Å². The minimum Gasteiger partial charge on any atom is -0.481 e. The number of carboxylic acid groups (broad SMARTS) is 1. The highest BCUT2D eigenvalue weighted by atomic mass is 79.9. The molecule has 8 heteroatoms. The van der Waals surface area contributed by atoms with E-state index in [0.717, 1.165) is 26.7 Å². The lowest BCUT2D eigenvalue weighted by Gasteiger charge is -2.22. The summed E-state index contributed by atoms with van der Waals surface area (Å²) in [5, 5.41) is 23.2. The number of fused-ring (bicyclic) bond motifs is 1. The van der Waals surface area contributed by atoms with E-state index in [9.17, 15) is 9.90 Å². The fraction of sp³-hybridized carbons (Fsp3) is 0.120. The van der Waals surface area contributed by atoms with Crippen LogP contribution in [-0.4, -0.2) is 36.9 Å². The maximum absolute atomic E-state index is 11.6. The Morgan fingerprint density at radius 3 is 2.27 bits per heavy atom. The van der Waals surface area contributed by atoms with Gasteiger partial charge in [-0.15, -0.1) is 10.2 Å². The summed E-state index contributed by atoms with van der Waals surface area (Å²) in [4.78, 5) is 11.6. The van der Waals surface area contributed by atoms with Crippen LogP contribution in [-0.2, 0) is 11.2 Å². The molecule has 0 aliphatic carbocycles. The molecule has 5 rings (SSSR count). The van der Waals surface area contributed by atoms with Crippen LogP contribution in [0.5, 0.6) is 0 Å². The normalized spacial score (nSPS) is 15.1. The zero-order valence-electron chi connectivity index (χ0n) is 17.4. The number of aromatic nitrogens is 3. The van der Waals surface area contributed by atoms with E-state index in [1.54, 1.807) is 4.68 Å². The molecule has 1 atom stereocenters. The Bertz CT molecular complexity index is 1320. The molecule has 1 unspecified atom stereocenters. The second-order valence-electron chi connectivity index (χ2n) is 7.65. The standard InChI is InChI=1S/C25H19BrN4O2S/c26-20-12-6-16(7-13-20)14-22-27-28-25-30(22)29-24(21(33-25)15-23(31)32)19-10-8-18(9-11-19)17-4-2-1-3-5-17/h1-13,21H,14-15H2,(H,31,32). The van der Waals surface area contributed by atoms with Gasteiger partial charge in [0, 0.05) is 10.9 Å². The minimum absolute atomic E-state index is 0.0428. The zero-order chi connectivity index (χ0) is 22.8. The maximum Gasteiger partial charge on any atom is 0.304 e. The molecule has 1 N–H and O–H groups in total. The molecule has 0 radical (unpaired) electrons. The van der Waals surface area contributed by atoms with Gasteiger partial charge in [-0.2, -0.15) is 9.78 Å². The number of carbonyl (C=O) groups is 1. The summed E-state index contributed by atoms with van der Waals surface area (Å²) in [6.45, 7) is 0. The molecule has 6 nitrogen and oxygen atoms in total. The number of aliphatic carboxylic acids is 1. The van der Waals surface area contributed by atoms with E-state index in [0.29, 0.717) is 23.1 Å². The van der Waals surface area contributed by atoms with Crippen molar-refractivity contribution in [1.82, 2.24) is 14.9 Å². The molecule has 0 bridgehead atoms. The van der Waals surface area contributed by atoms with Crippen LogP contribution in [0.25, 0.3) is 11.1 Å². The van der Waals surface area contributed by atoms with E-state index in [1.165, 1.54) is 11.8 Å². The van der Waals surface area contributed by atoms with Crippen molar-refractivity contribution in [3.63, 3.8) is 0 Å². The third-order valence-electron chi connectivity index (χ3n) is 5.36. The molecule has 0 spiro atoms. The zero-order valence-corrected chi connectivity index (χ0v) is 19.8.